The molecule has 1 unspecified atom stereocenters. The van der Waals surface area contributed by atoms with Crippen LogP contribution in [0.5, 0.6) is 5.75 Å². The van der Waals surface area contributed by atoms with Crippen molar-refractivity contribution in [3.05, 3.63) is 54.3 Å². The molecule has 4 rings (SSSR count). The molecule has 0 aromatic heterocycles. The zero-order valence-corrected chi connectivity index (χ0v) is 21.1. The number of halogens is 1. The average molecular weight is 528 g/mol. The third-order valence-corrected chi connectivity index (χ3v) is 9.94. The first kappa shape index (κ1) is 26.0. The van der Waals surface area contributed by atoms with E-state index >= 15 is 0 Å². The van der Waals surface area contributed by atoms with Crippen molar-refractivity contribution in [2.75, 3.05) is 46.4 Å². The maximum atomic E-state index is 14.2. The maximum Gasteiger partial charge on any atom is 0.245 e. The monoisotopic (exact) mass is 527 g/mol. The third kappa shape index (κ3) is 5.68. The SMILES string of the molecule is CN1CC(O)CNS(=O)(=O)c2ccccc2OCC2(CCN(S(=O)(=O)c3ccccc3F)CC2)C1. The predicted octanol–water partition coefficient (Wildman–Crippen LogP) is 1.26. The second-order valence-corrected chi connectivity index (χ2v) is 12.9. The molecule has 0 aliphatic carbocycles. The molecule has 1 atom stereocenters. The van der Waals surface area contributed by atoms with Crippen LogP contribution in [0.3, 0.4) is 0 Å². The van der Waals surface area contributed by atoms with E-state index in [0.29, 0.717) is 19.4 Å². The number of para-hydroxylation sites is 1. The van der Waals surface area contributed by atoms with Gasteiger partial charge < -0.3 is 14.7 Å². The number of hydrogen-bond donors (Lipinski definition) is 2. The number of aliphatic hydroxyl groups excluding tert-OH is 1. The zero-order chi connectivity index (χ0) is 25.3. The number of likely N-dealkylation sites (N-methyl/N-ethyl adjacent to an activating group) is 1. The molecule has 0 saturated carbocycles. The number of rotatable bonds is 2. The Bertz CT molecular complexity index is 1260. The van der Waals surface area contributed by atoms with Gasteiger partial charge in [-0.05, 0) is 44.2 Å². The van der Waals surface area contributed by atoms with Crippen molar-refractivity contribution in [2.45, 2.75) is 28.7 Å². The molecule has 2 aromatic rings. The number of nitrogens with one attached hydrogen (secondary N) is 1. The van der Waals surface area contributed by atoms with Crippen molar-refractivity contribution in [1.82, 2.24) is 13.9 Å². The van der Waals surface area contributed by atoms with Crippen LogP contribution in [-0.4, -0.2) is 83.6 Å². The molecule has 1 fully saturated rings. The van der Waals surface area contributed by atoms with Crippen molar-refractivity contribution >= 4 is 20.0 Å². The molecule has 0 amide bonds. The smallest absolute Gasteiger partial charge is 0.245 e. The topological polar surface area (TPSA) is 116 Å². The molecule has 1 spiro atoms. The molecule has 2 N–H and O–H groups in total. The summed E-state index contributed by atoms with van der Waals surface area (Å²) in [5.41, 5.74) is -0.501. The minimum absolute atomic E-state index is 0.0177. The van der Waals surface area contributed by atoms with Gasteiger partial charge in [0, 0.05) is 38.1 Å². The molecule has 2 aromatic carbocycles. The Hall–Kier alpha value is -2.09. The predicted molar refractivity (Wildman–Crippen MR) is 127 cm³/mol. The zero-order valence-electron chi connectivity index (χ0n) is 19.4. The van der Waals surface area contributed by atoms with Crippen molar-refractivity contribution in [3.8, 4) is 5.75 Å². The number of piperidine rings is 1. The summed E-state index contributed by atoms with van der Waals surface area (Å²) in [6, 6.07) is 11.6. The lowest BCUT2D eigenvalue weighted by Crippen LogP contribution is -2.51. The molecule has 2 aliphatic heterocycles. The lowest BCUT2D eigenvalue weighted by molar-refractivity contribution is 0.0318. The second-order valence-electron chi connectivity index (χ2n) is 9.27. The van der Waals surface area contributed by atoms with E-state index in [1.165, 1.54) is 28.6 Å². The van der Waals surface area contributed by atoms with E-state index in [2.05, 4.69) is 4.72 Å². The first-order chi connectivity index (χ1) is 16.5. The van der Waals surface area contributed by atoms with Crippen molar-refractivity contribution < 1.29 is 31.1 Å². The summed E-state index contributed by atoms with van der Waals surface area (Å²) >= 11 is 0. The van der Waals surface area contributed by atoms with Crippen LogP contribution in [0.25, 0.3) is 0 Å². The molecule has 0 radical (unpaired) electrons. The van der Waals surface area contributed by atoms with Gasteiger partial charge in [0.25, 0.3) is 0 Å². The Morgan fingerprint density at radius 2 is 1.77 bits per heavy atom. The van der Waals surface area contributed by atoms with E-state index in [1.807, 2.05) is 11.9 Å². The van der Waals surface area contributed by atoms with Crippen molar-refractivity contribution in [1.29, 1.82) is 0 Å². The summed E-state index contributed by atoms with van der Waals surface area (Å²) in [4.78, 5) is 1.53. The van der Waals surface area contributed by atoms with E-state index in [4.69, 9.17) is 4.74 Å². The highest BCUT2D eigenvalue weighted by Gasteiger charge is 2.41. The van der Waals surface area contributed by atoms with Gasteiger partial charge in [-0.25, -0.2) is 25.9 Å². The van der Waals surface area contributed by atoms with E-state index in [0.717, 1.165) is 6.07 Å². The van der Waals surface area contributed by atoms with E-state index in [9.17, 15) is 26.3 Å². The summed E-state index contributed by atoms with van der Waals surface area (Å²) < 4.78 is 75.7. The number of benzene rings is 2. The van der Waals surface area contributed by atoms with Crippen LogP contribution in [0.2, 0.25) is 0 Å². The second kappa shape index (κ2) is 10.1. The standard InChI is InChI=1S/C23H30FN3O6S2/c1-26-15-18(28)14-25-34(29,30)22-9-5-3-7-20(22)33-17-23(16-26)10-12-27(13-11-23)35(31,32)21-8-4-2-6-19(21)24/h2-9,18,25,28H,10-17H2,1H3. The Kier molecular flexibility index (Phi) is 7.51. The third-order valence-electron chi connectivity index (χ3n) is 6.55. The highest BCUT2D eigenvalue weighted by Crippen LogP contribution is 2.37. The maximum absolute atomic E-state index is 14.2. The van der Waals surface area contributed by atoms with Gasteiger partial charge in [0.05, 0.1) is 12.7 Å². The Morgan fingerprint density at radius 3 is 2.49 bits per heavy atom. The summed E-state index contributed by atoms with van der Waals surface area (Å²) in [6.07, 6.45) is -0.0800. The summed E-state index contributed by atoms with van der Waals surface area (Å²) in [5.74, 6) is -0.597. The molecule has 0 bridgehead atoms. The van der Waals surface area contributed by atoms with Crippen LogP contribution >= 0.6 is 0 Å². The molecular formula is C23H30FN3O6S2. The Morgan fingerprint density at radius 1 is 1.11 bits per heavy atom. The summed E-state index contributed by atoms with van der Waals surface area (Å²) in [5, 5.41) is 10.4. The van der Waals surface area contributed by atoms with Crippen LogP contribution in [0.15, 0.2) is 58.3 Å². The van der Waals surface area contributed by atoms with Gasteiger partial charge in [0.2, 0.25) is 20.0 Å². The molecule has 2 aliphatic rings. The molecule has 192 valence electrons. The van der Waals surface area contributed by atoms with Crippen LogP contribution in [-0.2, 0) is 20.0 Å². The number of fused-ring (bicyclic) bond motifs is 1. The number of ether oxygens (including phenoxy) is 1. The average Bonchev–Trinajstić information content (AvgIpc) is 2.82. The first-order valence-electron chi connectivity index (χ1n) is 11.4. The van der Waals surface area contributed by atoms with Gasteiger partial charge in [0.1, 0.15) is 21.4 Å². The molecule has 12 heteroatoms. The first-order valence-corrected chi connectivity index (χ1v) is 14.3. The lowest BCUT2D eigenvalue weighted by atomic mass is 9.79. The fraction of sp³-hybridized carbons (Fsp3) is 0.478. The van der Waals surface area contributed by atoms with Crippen LogP contribution in [0, 0.1) is 11.2 Å². The molecule has 35 heavy (non-hydrogen) atoms. The normalized spacial score (nSPS) is 24.0. The van der Waals surface area contributed by atoms with Gasteiger partial charge in [-0.3, -0.25) is 0 Å². The van der Waals surface area contributed by atoms with Gasteiger partial charge in [-0.1, -0.05) is 24.3 Å². The highest BCUT2D eigenvalue weighted by atomic mass is 32.2. The minimum atomic E-state index is -4.00. The Labute approximate surface area is 205 Å². The summed E-state index contributed by atoms with van der Waals surface area (Å²) in [7, 11) is -6.08. The quantitative estimate of drug-likeness (QED) is 0.604. The lowest BCUT2D eigenvalue weighted by Gasteiger charge is -2.43. The van der Waals surface area contributed by atoms with Gasteiger partial charge in [-0.2, -0.15) is 4.31 Å². The number of hydrogen-bond acceptors (Lipinski definition) is 7. The largest absolute Gasteiger partial charge is 0.492 e. The van der Waals surface area contributed by atoms with E-state index in [-0.39, 0.29) is 48.3 Å². The fourth-order valence-electron chi connectivity index (χ4n) is 4.71. The van der Waals surface area contributed by atoms with Crippen molar-refractivity contribution in [2.24, 2.45) is 5.41 Å². The van der Waals surface area contributed by atoms with Crippen LogP contribution < -0.4 is 9.46 Å². The number of sulfonamides is 2. The van der Waals surface area contributed by atoms with Gasteiger partial charge >= 0.3 is 0 Å². The number of aliphatic hydroxyl groups is 1. The highest BCUT2D eigenvalue weighted by molar-refractivity contribution is 7.89. The molecule has 1 saturated heterocycles. The summed E-state index contributed by atoms with van der Waals surface area (Å²) in [6.45, 7) is 1.07. The van der Waals surface area contributed by atoms with Crippen LogP contribution in [0.4, 0.5) is 4.39 Å². The molecule has 9 nitrogen and oxygen atoms in total. The molecule has 2 heterocycles. The fourth-order valence-corrected chi connectivity index (χ4v) is 7.43. The van der Waals surface area contributed by atoms with E-state index < -0.39 is 37.4 Å². The van der Waals surface area contributed by atoms with Crippen LogP contribution in [0.1, 0.15) is 12.8 Å². The number of nitrogens with zero attached hydrogens (tertiary/aromatic N) is 2. The Balaban J connectivity index is 1.60. The van der Waals surface area contributed by atoms with Gasteiger partial charge in [0.15, 0.2) is 0 Å². The van der Waals surface area contributed by atoms with Crippen molar-refractivity contribution in [3.63, 3.8) is 0 Å². The number of β-amino-alcohol motifs (C(OH)–C–C–N with tert-alkyl or cyclic N) is 1. The minimum Gasteiger partial charge on any atom is -0.492 e. The molecular weight excluding hydrogens is 497 g/mol. The van der Waals surface area contributed by atoms with E-state index in [1.54, 1.807) is 18.2 Å². The van der Waals surface area contributed by atoms with Gasteiger partial charge in [-0.15, -0.1) is 0 Å².